The summed E-state index contributed by atoms with van der Waals surface area (Å²) in [4.78, 5) is 33.5. The van der Waals surface area contributed by atoms with Crippen LogP contribution in [0, 0.1) is 0 Å². The van der Waals surface area contributed by atoms with E-state index in [-0.39, 0.29) is 6.42 Å². The lowest BCUT2D eigenvalue weighted by Crippen LogP contribution is -2.24. The van der Waals surface area contributed by atoms with Gasteiger partial charge in [-0.05, 0) is 6.42 Å². The number of unbranched alkanes of at least 4 members (excludes halogenated alkanes) is 12. The molecule has 4 nitrogen and oxygen atoms in total. The smallest absolute Gasteiger partial charge is 0.382 e. The Morgan fingerprint density at radius 2 is 1.04 bits per heavy atom. The summed E-state index contributed by atoms with van der Waals surface area (Å²) in [6.45, 7) is 2.24. The summed E-state index contributed by atoms with van der Waals surface area (Å²) in [6.07, 6.45) is 16.1. The molecule has 0 aromatic heterocycles. The van der Waals surface area contributed by atoms with E-state index in [1.165, 1.54) is 64.2 Å². The van der Waals surface area contributed by atoms with E-state index in [1.54, 1.807) is 0 Å². The van der Waals surface area contributed by atoms with E-state index in [9.17, 15) is 14.4 Å². The lowest BCUT2D eigenvalue weighted by molar-refractivity contribution is -0.155. The van der Waals surface area contributed by atoms with Gasteiger partial charge >= 0.3 is 11.8 Å². The number of carbonyl (C=O) groups is 3. The Morgan fingerprint density at radius 1 is 0.652 bits per heavy atom. The predicted octanol–water partition coefficient (Wildman–Crippen LogP) is 4.78. The maximum atomic E-state index is 11.4. The van der Waals surface area contributed by atoms with Crippen LogP contribution in [0.15, 0.2) is 0 Å². The topological polar surface area (TPSA) is 60.4 Å². The number of ketones is 2. The van der Waals surface area contributed by atoms with Gasteiger partial charge in [0.25, 0.3) is 0 Å². The monoisotopic (exact) mass is 326 g/mol. The molecule has 0 spiro atoms. The molecule has 0 aromatic rings. The second-order valence-corrected chi connectivity index (χ2v) is 6.24. The zero-order valence-corrected chi connectivity index (χ0v) is 15.0. The molecule has 0 saturated carbocycles. The molecule has 0 fully saturated rings. The van der Waals surface area contributed by atoms with Crippen LogP contribution >= 0.6 is 0 Å². The SMILES string of the molecule is CCCCCCCCCCCCCCCC(=O)C(=O)C(=O)OC. The summed E-state index contributed by atoms with van der Waals surface area (Å²) >= 11 is 0. The molecule has 134 valence electrons. The standard InChI is InChI=1S/C19H34O4/c1-3-4-5-6-7-8-9-10-11-12-13-14-15-16-17(20)18(21)19(22)23-2/h3-16H2,1-2H3. The highest BCUT2D eigenvalue weighted by Gasteiger charge is 2.22. The maximum absolute atomic E-state index is 11.4. The number of carbonyl (C=O) groups excluding carboxylic acids is 3. The lowest BCUT2D eigenvalue weighted by Gasteiger charge is -2.03. The normalized spacial score (nSPS) is 10.5. The van der Waals surface area contributed by atoms with Gasteiger partial charge in [-0.2, -0.15) is 0 Å². The van der Waals surface area contributed by atoms with Gasteiger partial charge in [0.1, 0.15) is 0 Å². The highest BCUT2D eigenvalue weighted by atomic mass is 16.5. The van der Waals surface area contributed by atoms with Crippen LogP contribution in [0.4, 0.5) is 0 Å². The predicted molar refractivity (Wildman–Crippen MR) is 92.3 cm³/mol. The third kappa shape index (κ3) is 13.0. The fourth-order valence-corrected chi connectivity index (χ4v) is 2.62. The van der Waals surface area contributed by atoms with Gasteiger partial charge in [-0.3, -0.25) is 9.59 Å². The first kappa shape index (κ1) is 21.8. The number of hydrogen-bond acceptors (Lipinski definition) is 4. The third-order valence-corrected chi connectivity index (χ3v) is 4.13. The van der Waals surface area contributed by atoms with E-state index in [4.69, 9.17) is 0 Å². The van der Waals surface area contributed by atoms with Crippen molar-refractivity contribution < 1.29 is 19.1 Å². The lowest BCUT2D eigenvalue weighted by atomic mass is 10.0. The largest absolute Gasteiger partial charge is 0.463 e. The molecular weight excluding hydrogens is 292 g/mol. The first-order valence-electron chi connectivity index (χ1n) is 9.29. The molecule has 0 atom stereocenters. The van der Waals surface area contributed by atoms with Crippen LogP contribution in [0.1, 0.15) is 96.8 Å². The minimum Gasteiger partial charge on any atom is -0.463 e. The molecule has 0 aliphatic carbocycles. The van der Waals surface area contributed by atoms with Gasteiger partial charge in [-0.25, -0.2) is 4.79 Å². The van der Waals surface area contributed by atoms with Gasteiger partial charge in [0.2, 0.25) is 5.78 Å². The van der Waals surface area contributed by atoms with Crippen LogP contribution in [0.3, 0.4) is 0 Å². The van der Waals surface area contributed by atoms with E-state index in [1.807, 2.05) is 0 Å². The zero-order chi connectivity index (χ0) is 17.3. The van der Waals surface area contributed by atoms with E-state index in [0.717, 1.165) is 20.0 Å². The third-order valence-electron chi connectivity index (χ3n) is 4.13. The second-order valence-electron chi connectivity index (χ2n) is 6.24. The minimum absolute atomic E-state index is 0.158. The van der Waals surface area contributed by atoms with Crippen molar-refractivity contribution in [3.05, 3.63) is 0 Å². The molecule has 0 rings (SSSR count). The minimum atomic E-state index is -1.05. The fourth-order valence-electron chi connectivity index (χ4n) is 2.62. The van der Waals surface area contributed by atoms with Gasteiger partial charge < -0.3 is 4.74 Å². The summed E-state index contributed by atoms with van der Waals surface area (Å²) in [5.74, 6) is -2.70. The summed E-state index contributed by atoms with van der Waals surface area (Å²) in [5, 5.41) is 0. The molecule has 0 saturated heterocycles. The molecule has 0 N–H and O–H groups in total. The van der Waals surface area contributed by atoms with Crippen LogP contribution in [0.5, 0.6) is 0 Å². The van der Waals surface area contributed by atoms with Gasteiger partial charge in [0.15, 0.2) is 0 Å². The van der Waals surface area contributed by atoms with Crippen molar-refractivity contribution in [3.63, 3.8) is 0 Å². The molecular formula is C19H34O4. The summed E-state index contributed by atoms with van der Waals surface area (Å²) in [7, 11) is 1.11. The highest BCUT2D eigenvalue weighted by Crippen LogP contribution is 2.13. The van der Waals surface area contributed by atoms with Crippen LogP contribution in [-0.2, 0) is 19.1 Å². The van der Waals surface area contributed by atoms with E-state index in [0.29, 0.717) is 6.42 Å². The van der Waals surface area contributed by atoms with Gasteiger partial charge in [-0.1, -0.05) is 84.0 Å². The zero-order valence-electron chi connectivity index (χ0n) is 15.0. The Morgan fingerprint density at radius 3 is 1.43 bits per heavy atom. The average molecular weight is 326 g/mol. The number of esters is 1. The summed E-state index contributed by atoms with van der Waals surface area (Å²) in [6, 6.07) is 0. The van der Waals surface area contributed by atoms with Crippen LogP contribution < -0.4 is 0 Å². The molecule has 0 radical (unpaired) electrons. The van der Waals surface area contributed by atoms with Crippen LogP contribution in [0.25, 0.3) is 0 Å². The van der Waals surface area contributed by atoms with Crippen molar-refractivity contribution in [3.8, 4) is 0 Å². The van der Waals surface area contributed by atoms with Crippen LogP contribution in [-0.4, -0.2) is 24.6 Å². The first-order valence-corrected chi connectivity index (χ1v) is 9.29. The van der Waals surface area contributed by atoms with Gasteiger partial charge in [0.05, 0.1) is 7.11 Å². The van der Waals surface area contributed by atoms with E-state index >= 15 is 0 Å². The Hall–Kier alpha value is -1.19. The summed E-state index contributed by atoms with van der Waals surface area (Å²) in [5.41, 5.74) is 0. The van der Waals surface area contributed by atoms with Crippen LogP contribution in [0.2, 0.25) is 0 Å². The maximum Gasteiger partial charge on any atom is 0.382 e. The average Bonchev–Trinajstić information content (AvgIpc) is 2.57. The Labute approximate surface area is 141 Å². The number of methoxy groups -OCH3 is 1. The van der Waals surface area contributed by atoms with Crippen molar-refractivity contribution in [2.75, 3.05) is 7.11 Å². The molecule has 23 heavy (non-hydrogen) atoms. The highest BCUT2D eigenvalue weighted by molar-refractivity contribution is 6.62. The molecule has 0 aromatic carbocycles. The molecule has 0 bridgehead atoms. The van der Waals surface area contributed by atoms with Crippen molar-refractivity contribution in [2.24, 2.45) is 0 Å². The molecule has 0 amide bonds. The molecule has 0 aliphatic rings. The molecule has 0 unspecified atom stereocenters. The van der Waals surface area contributed by atoms with E-state index < -0.39 is 17.5 Å². The van der Waals surface area contributed by atoms with E-state index in [2.05, 4.69) is 11.7 Å². The second kappa shape index (κ2) is 15.7. The Balaban J connectivity index is 3.29. The Bertz CT molecular complexity index is 336. The summed E-state index contributed by atoms with van der Waals surface area (Å²) < 4.78 is 4.24. The first-order chi connectivity index (χ1) is 11.1. The van der Waals surface area contributed by atoms with Crippen molar-refractivity contribution >= 4 is 17.5 Å². The van der Waals surface area contributed by atoms with Gasteiger partial charge in [0, 0.05) is 6.42 Å². The fraction of sp³-hybridized carbons (Fsp3) is 0.842. The quantitative estimate of drug-likeness (QED) is 0.177. The van der Waals surface area contributed by atoms with Crippen molar-refractivity contribution in [2.45, 2.75) is 96.8 Å². The number of rotatable bonds is 16. The molecule has 0 aliphatic heterocycles. The molecule has 4 heteroatoms. The van der Waals surface area contributed by atoms with Gasteiger partial charge in [-0.15, -0.1) is 0 Å². The Kier molecular flexibility index (Phi) is 14.9. The number of Topliss-reactive ketones (excluding diaryl/α,β-unsaturated/α-hetero) is 2. The number of hydrogen-bond donors (Lipinski definition) is 0. The van der Waals surface area contributed by atoms with Crippen molar-refractivity contribution in [1.82, 2.24) is 0 Å². The molecule has 0 heterocycles. The van der Waals surface area contributed by atoms with Crippen molar-refractivity contribution in [1.29, 1.82) is 0 Å². The number of ether oxygens (including phenoxy) is 1.